The third-order valence-electron chi connectivity index (χ3n) is 3.30. The van der Waals surface area contributed by atoms with Crippen LogP contribution in [0, 0.1) is 3.57 Å². The van der Waals surface area contributed by atoms with Crippen LogP contribution in [0.4, 0.5) is 11.4 Å². The molecule has 2 atom stereocenters. The van der Waals surface area contributed by atoms with E-state index in [1.165, 1.54) is 0 Å². The Balaban J connectivity index is 2.20. The van der Waals surface area contributed by atoms with Gasteiger partial charge < -0.3 is 15.8 Å². The van der Waals surface area contributed by atoms with Crippen LogP contribution in [-0.4, -0.2) is 18.2 Å². The van der Waals surface area contributed by atoms with Gasteiger partial charge in [0, 0.05) is 21.6 Å². The molecule has 0 saturated carbocycles. The minimum atomic E-state index is 0.0238. The fourth-order valence-corrected chi connectivity index (χ4v) is 2.61. The molecule has 0 aliphatic carbocycles. The highest BCUT2D eigenvalue weighted by Gasteiger charge is 2.37. The molecule has 1 fully saturated rings. The lowest BCUT2D eigenvalue weighted by Gasteiger charge is -2.30. The summed E-state index contributed by atoms with van der Waals surface area (Å²) in [6, 6.07) is 5.94. The molecule has 1 aromatic carbocycles. The van der Waals surface area contributed by atoms with Crippen LogP contribution in [0.1, 0.15) is 20.3 Å². The maximum atomic E-state index is 5.74. The molecule has 1 saturated heterocycles. The molecule has 16 heavy (non-hydrogen) atoms. The second-order valence-electron chi connectivity index (χ2n) is 4.54. The monoisotopic (exact) mass is 332 g/mol. The van der Waals surface area contributed by atoms with Crippen LogP contribution in [0.25, 0.3) is 0 Å². The third-order valence-corrected chi connectivity index (χ3v) is 4.19. The number of benzene rings is 1. The van der Waals surface area contributed by atoms with Crippen LogP contribution in [-0.2, 0) is 4.74 Å². The van der Waals surface area contributed by atoms with Crippen molar-refractivity contribution >= 4 is 34.0 Å². The van der Waals surface area contributed by atoms with E-state index in [1.54, 1.807) is 0 Å². The van der Waals surface area contributed by atoms with Gasteiger partial charge in [0.2, 0.25) is 0 Å². The Morgan fingerprint density at radius 3 is 2.88 bits per heavy atom. The molecule has 3 N–H and O–H groups in total. The van der Waals surface area contributed by atoms with E-state index in [0.717, 1.165) is 28.0 Å². The predicted octanol–water partition coefficient (Wildman–Crippen LogP) is 2.85. The highest BCUT2D eigenvalue weighted by molar-refractivity contribution is 14.1. The summed E-state index contributed by atoms with van der Waals surface area (Å²) >= 11 is 2.30. The van der Waals surface area contributed by atoms with Crippen molar-refractivity contribution in [1.82, 2.24) is 0 Å². The van der Waals surface area contributed by atoms with E-state index in [9.17, 15) is 0 Å². The van der Waals surface area contributed by atoms with Crippen LogP contribution in [0.2, 0.25) is 0 Å². The van der Waals surface area contributed by atoms with Gasteiger partial charge >= 0.3 is 0 Å². The minimum absolute atomic E-state index is 0.0238. The lowest BCUT2D eigenvalue weighted by Crippen LogP contribution is -2.41. The highest BCUT2D eigenvalue weighted by Crippen LogP contribution is 2.31. The maximum Gasteiger partial charge on any atom is 0.0774 e. The lowest BCUT2D eigenvalue weighted by molar-refractivity contribution is 0.105. The summed E-state index contributed by atoms with van der Waals surface area (Å²) < 4.78 is 6.77. The van der Waals surface area contributed by atoms with E-state index in [-0.39, 0.29) is 11.6 Å². The number of nitrogen functional groups attached to an aromatic ring is 1. The van der Waals surface area contributed by atoms with Crippen LogP contribution in [0.5, 0.6) is 0 Å². The molecule has 0 amide bonds. The molecule has 3 nitrogen and oxygen atoms in total. The van der Waals surface area contributed by atoms with E-state index >= 15 is 0 Å². The number of halogens is 1. The number of nitrogens with two attached hydrogens (primary N) is 1. The molecule has 88 valence electrons. The standard InChI is InChI=1S/C12H17IN2O/c1-8-12(2,5-6-16-8)15-11-4-3-9(14)7-10(11)13/h3-4,7-8,15H,5-6,14H2,1-2H3. The number of hydrogen-bond acceptors (Lipinski definition) is 3. The van der Waals surface area contributed by atoms with Crippen LogP contribution < -0.4 is 11.1 Å². The van der Waals surface area contributed by atoms with Crippen molar-refractivity contribution in [3.05, 3.63) is 21.8 Å². The largest absolute Gasteiger partial charge is 0.399 e. The van der Waals surface area contributed by atoms with Gasteiger partial charge in [0.1, 0.15) is 0 Å². The van der Waals surface area contributed by atoms with Crippen molar-refractivity contribution in [3.63, 3.8) is 0 Å². The first kappa shape index (κ1) is 12.0. The SMILES string of the molecule is CC1OCCC1(C)Nc1ccc(N)cc1I. The average molecular weight is 332 g/mol. The van der Waals surface area contributed by atoms with Gasteiger partial charge in [-0.15, -0.1) is 0 Å². The number of hydrogen-bond donors (Lipinski definition) is 2. The average Bonchev–Trinajstić information content (AvgIpc) is 2.52. The first-order valence-corrected chi connectivity index (χ1v) is 6.54. The first-order valence-electron chi connectivity index (χ1n) is 5.46. The molecule has 4 heteroatoms. The van der Waals surface area contributed by atoms with Gasteiger partial charge in [-0.3, -0.25) is 0 Å². The van der Waals surface area contributed by atoms with E-state index in [1.807, 2.05) is 18.2 Å². The molecule has 0 radical (unpaired) electrons. The molecular formula is C12H17IN2O. The van der Waals surface area contributed by atoms with Crippen molar-refractivity contribution in [1.29, 1.82) is 0 Å². The highest BCUT2D eigenvalue weighted by atomic mass is 127. The Morgan fingerprint density at radius 2 is 2.31 bits per heavy atom. The van der Waals surface area contributed by atoms with Crippen LogP contribution >= 0.6 is 22.6 Å². The number of nitrogens with one attached hydrogen (secondary N) is 1. The van der Waals surface area contributed by atoms with Crippen molar-refractivity contribution in [2.45, 2.75) is 31.9 Å². The summed E-state index contributed by atoms with van der Waals surface area (Å²) in [7, 11) is 0. The lowest BCUT2D eigenvalue weighted by atomic mass is 9.94. The summed E-state index contributed by atoms with van der Waals surface area (Å²) in [5.74, 6) is 0. The van der Waals surface area contributed by atoms with Crippen LogP contribution in [0.3, 0.4) is 0 Å². The molecule has 0 spiro atoms. The number of anilines is 2. The van der Waals surface area contributed by atoms with Crippen LogP contribution in [0.15, 0.2) is 18.2 Å². The van der Waals surface area contributed by atoms with Gasteiger partial charge in [-0.05, 0) is 61.1 Å². The normalized spacial score (nSPS) is 29.3. The summed E-state index contributed by atoms with van der Waals surface area (Å²) in [6.45, 7) is 5.15. The summed E-state index contributed by atoms with van der Waals surface area (Å²) in [4.78, 5) is 0. The Kier molecular flexibility index (Phi) is 3.30. The van der Waals surface area contributed by atoms with Gasteiger partial charge in [-0.2, -0.15) is 0 Å². The van der Waals surface area contributed by atoms with Gasteiger partial charge in [0.05, 0.1) is 11.6 Å². The topological polar surface area (TPSA) is 47.3 Å². The van der Waals surface area contributed by atoms with Crippen molar-refractivity contribution in [2.75, 3.05) is 17.7 Å². The van der Waals surface area contributed by atoms with E-state index in [0.29, 0.717) is 0 Å². The predicted molar refractivity (Wildman–Crippen MR) is 75.6 cm³/mol. The zero-order chi connectivity index (χ0) is 11.8. The third kappa shape index (κ3) is 2.27. The Morgan fingerprint density at radius 1 is 1.56 bits per heavy atom. The smallest absolute Gasteiger partial charge is 0.0774 e. The maximum absolute atomic E-state index is 5.74. The molecule has 1 heterocycles. The molecule has 0 bridgehead atoms. The van der Waals surface area contributed by atoms with Crippen molar-refractivity contribution in [2.24, 2.45) is 0 Å². The Hall–Kier alpha value is -0.490. The molecule has 1 aromatic rings. The molecule has 0 aromatic heterocycles. The van der Waals surface area contributed by atoms with Gasteiger partial charge in [-0.1, -0.05) is 0 Å². The summed E-state index contributed by atoms with van der Waals surface area (Å²) in [6.07, 6.45) is 1.27. The van der Waals surface area contributed by atoms with E-state index < -0.39 is 0 Å². The number of ether oxygens (including phenoxy) is 1. The fourth-order valence-electron chi connectivity index (χ4n) is 1.94. The minimum Gasteiger partial charge on any atom is -0.399 e. The van der Waals surface area contributed by atoms with E-state index in [4.69, 9.17) is 10.5 Å². The quantitative estimate of drug-likeness (QED) is 0.647. The molecular weight excluding hydrogens is 315 g/mol. The molecule has 2 unspecified atom stereocenters. The Bertz CT molecular complexity index is 397. The van der Waals surface area contributed by atoms with Gasteiger partial charge in [-0.25, -0.2) is 0 Å². The fraction of sp³-hybridized carbons (Fsp3) is 0.500. The second kappa shape index (κ2) is 4.41. The molecule has 1 aliphatic heterocycles. The van der Waals surface area contributed by atoms with Gasteiger partial charge in [0.15, 0.2) is 0 Å². The summed E-state index contributed by atoms with van der Waals surface area (Å²) in [5.41, 5.74) is 7.70. The van der Waals surface area contributed by atoms with Gasteiger partial charge in [0.25, 0.3) is 0 Å². The number of rotatable bonds is 2. The second-order valence-corrected chi connectivity index (χ2v) is 5.71. The van der Waals surface area contributed by atoms with E-state index in [2.05, 4.69) is 41.8 Å². The molecule has 1 aliphatic rings. The zero-order valence-electron chi connectivity index (χ0n) is 9.59. The van der Waals surface area contributed by atoms with Crippen molar-refractivity contribution in [3.8, 4) is 0 Å². The molecule has 2 rings (SSSR count). The van der Waals surface area contributed by atoms with Crippen molar-refractivity contribution < 1.29 is 4.74 Å². The first-order chi connectivity index (χ1) is 7.51. The summed E-state index contributed by atoms with van der Waals surface area (Å²) in [5, 5.41) is 3.57. The Labute approximate surface area is 110 Å². The zero-order valence-corrected chi connectivity index (χ0v) is 11.7.